The van der Waals surface area contributed by atoms with Crippen LogP contribution < -0.4 is 10.6 Å². The lowest BCUT2D eigenvalue weighted by Crippen LogP contribution is -2.40. The Morgan fingerprint density at radius 2 is 2.00 bits per heavy atom. The Balaban J connectivity index is 0.00000484. The Hall–Kier alpha value is -0.760. The molecule has 0 aliphatic carbocycles. The molecular weight excluding hydrogens is 405 g/mol. The Bertz CT molecular complexity index is 460. The van der Waals surface area contributed by atoms with Gasteiger partial charge in [-0.2, -0.15) is 0 Å². The normalized spacial score (nSPS) is 14.3. The van der Waals surface area contributed by atoms with Crippen molar-refractivity contribution < 1.29 is 9.15 Å². The highest BCUT2D eigenvalue weighted by atomic mass is 127. The molecular formula is C17H32IN3O2. The van der Waals surface area contributed by atoms with E-state index >= 15 is 0 Å². The highest BCUT2D eigenvalue weighted by molar-refractivity contribution is 14.0. The maximum Gasteiger partial charge on any atom is 0.191 e. The smallest absolute Gasteiger partial charge is 0.191 e. The molecule has 0 bridgehead atoms. The van der Waals surface area contributed by atoms with Crippen LogP contribution in [-0.2, 0) is 4.74 Å². The topological polar surface area (TPSA) is 58.8 Å². The van der Waals surface area contributed by atoms with Crippen molar-refractivity contribution in [3.63, 3.8) is 0 Å². The summed E-state index contributed by atoms with van der Waals surface area (Å²) in [6.45, 7) is 12.0. The molecule has 0 aliphatic heterocycles. The van der Waals surface area contributed by atoms with Gasteiger partial charge >= 0.3 is 0 Å². The van der Waals surface area contributed by atoms with Gasteiger partial charge in [-0.05, 0) is 45.2 Å². The van der Waals surface area contributed by atoms with Crippen molar-refractivity contribution in [1.29, 1.82) is 0 Å². The molecule has 1 aromatic rings. The Kier molecular flexibility index (Phi) is 11.3. The van der Waals surface area contributed by atoms with Crippen LogP contribution in [0.1, 0.15) is 51.7 Å². The van der Waals surface area contributed by atoms with Crippen LogP contribution in [0.2, 0.25) is 0 Å². The number of guanidine groups is 1. The molecule has 1 aromatic heterocycles. The molecule has 0 amide bonds. The van der Waals surface area contributed by atoms with E-state index in [0.717, 1.165) is 37.1 Å². The number of furan rings is 1. The van der Waals surface area contributed by atoms with Crippen LogP contribution in [0.25, 0.3) is 0 Å². The van der Waals surface area contributed by atoms with E-state index in [1.807, 2.05) is 26.0 Å². The van der Waals surface area contributed by atoms with Crippen LogP contribution in [0.4, 0.5) is 0 Å². The van der Waals surface area contributed by atoms with Gasteiger partial charge in [-0.15, -0.1) is 24.0 Å². The number of hydrogen-bond donors (Lipinski definition) is 2. The van der Waals surface area contributed by atoms with Gasteiger partial charge in [-0.1, -0.05) is 13.8 Å². The molecule has 0 saturated carbocycles. The first-order valence-electron chi connectivity index (χ1n) is 8.13. The molecule has 0 fully saturated rings. The summed E-state index contributed by atoms with van der Waals surface area (Å²) in [7, 11) is 1.78. The molecule has 23 heavy (non-hydrogen) atoms. The van der Waals surface area contributed by atoms with Crippen LogP contribution in [0.15, 0.2) is 21.5 Å². The fourth-order valence-electron chi connectivity index (χ4n) is 2.31. The zero-order valence-electron chi connectivity index (χ0n) is 15.2. The summed E-state index contributed by atoms with van der Waals surface area (Å²) in [4.78, 5) is 4.26. The fourth-order valence-corrected chi connectivity index (χ4v) is 2.31. The van der Waals surface area contributed by atoms with Crippen molar-refractivity contribution in [2.24, 2.45) is 10.9 Å². The Morgan fingerprint density at radius 1 is 1.30 bits per heavy atom. The summed E-state index contributed by atoms with van der Waals surface area (Å²) < 4.78 is 11.4. The lowest BCUT2D eigenvalue weighted by atomic mass is 10.0. The van der Waals surface area contributed by atoms with E-state index in [9.17, 15) is 0 Å². The average Bonchev–Trinajstić information content (AvgIpc) is 2.91. The van der Waals surface area contributed by atoms with E-state index < -0.39 is 0 Å². The summed E-state index contributed by atoms with van der Waals surface area (Å²) in [5, 5.41) is 6.67. The summed E-state index contributed by atoms with van der Waals surface area (Å²) in [6.07, 6.45) is 1.24. The quantitative estimate of drug-likeness (QED) is 0.368. The van der Waals surface area contributed by atoms with Gasteiger partial charge in [0.1, 0.15) is 11.5 Å². The second-order valence-corrected chi connectivity index (χ2v) is 5.84. The van der Waals surface area contributed by atoms with E-state index in [-0.39, 0.29) is 36.1 Å². The lowest BCUT2D eigenvalue weighted by molar-refractivity contribution is 0.0258. The van der Waals surface area contributed by atoms with Crippen LogP contribution in [0, 0.1) is 12.8 Å². The molecule has 1 rings (SSSR count). The van der Waals surface area contributed by atoms with Crippen LogP contribution >= 0.6 is 24.0 Å². The van der Waals surface area contributed by atoms with Gasteiger partial charge in [0.25, 0.3) is 0 Å². The number of hydrogen-bond acceptors (Lipinski definition) is 3. The first-order chi connectivity index (χ1) is 10.5. The number of rotatable bonds is 8. The van der Waals surface area contributed by atoms with Gasteiger partial charge in [0.05, 0.1) is 12.1 Å². The van der Waals surface area contributed by atoms with Crippen molar-refractivity contribution in [3.8, 4) is 0 Å². The zero-order chi connectivity index (χ0) is 16.5. The van der Waals surface area contributed by atoms with Gasteiger partial charge < -0.3 is 19.8 Å². The number of nitrogens with one attached hydrogen (secondary N) is 2. The van der Waals surface area contributed by atoms with Crippen molar-refractivity contribution >= 4 is 29.9 Å². The SMILES string of the molecule is CCOC(CCNC(=NC)NC(C)c1ccc(C)o1)C(C)C.I. The van der Waals surface area contributed by atoms with E-state index in [1.54, 1.807) is 7.05 Å². The van der Waals surface area contributed by atoms with Gasteiger partial charge in [0.15, 0.2) is 5.96 Å². The number of aliphatic imine (C=N–C) groups is 1. The molecule has 0 radical (unpaired) electrons. The third-order valence-electron chi connectivity index (χ3n) is 3.61. The Labute approximate surface area is 157 Å². The van der Waals surface area contributed by atoms with E-state index in [1.165, 1.54) is 0 Å². The van der Waals surface area contributed by atoms with Gasteiger partial charge in [-0.25, -0.2) is 0 Å². The van der Waals surface area contributed by atoms with Crippen molar-refractivity contribution in [1.82, 2.24) is 10.6 Å². The largest absolute Gasteiger partial charge is 0.464 e. The molecule has 0 saturated heterocycles. The molecule has 2 unspecified atom stereocenters. The van der Waals surface area contributed by atoms with Gasteiger partial charge in [0.2, 0.25) is 0 Å². The monoisotopic (exact) mass is 437 g/mol. The second-order valence-electron chi connectivity index (χ2n) is 5.84. The minimum absolute atomic E-state index is 0. The zero-order valence-corrected chi connectivity index (χ0v) is 17.5. The first-order valence-corrected chi connectivity index (χ1v) is 8.13. The Morgan fingerprint density at radius 3 is 2.48 bits per heavy atom. The third-order valence-corrected chi connectivity index (χ3v) is 3.61. The predicted molar refractivity (Wildman–Crippen MR) is 107 cm³/mol. The van der Waals surface area contributed by atoms with E-state index in [0.29, 0.717) is 5.92 Å². The highest BCUT2D eigenvalue weighted by Gasteiger charge is 2.14. The summed E-state index contributed by atoms with van der Waals surface area (Å²) in [5.74, 6) is 3.13. The van der Waals surface area contributed by atoms with Crippen molar-refractivity contribution in [3.05, 3.63) is 23.7 Å². The first kappa shape index (κ1) is 22.2. The standard InChI is InChI=1S/C17H31N3O2.HI/c1-7-21-15(12(2)3)10-11-19-17(18-6)20-14(5)16-9-8-13(4)22-16;/h8-9,12,14-15H,7,10-11H2,1-6H3,(H2,18,19,20);1H. The molecule has 0 aromatic carbocycles. The minimum Gasteiger partial charge on any atom is -0.464 e. The lowest BCUT2D eigenvalue weighted by Gasteiger charge is -2.22. The van der Waals surface area contributed by atoms with Crippen molar-refractivity contribution in [2.75, 3.05) is 20.2 Å². The molecule has 5 nitrogen and oxygen atoms in total. The van der Waals surface area contributed by atoms with Crippen LogP contribution in [0.3, 0.4) is 0 Å². The molecule has 6 heteroatoms. The molecule has 0 spiro atoms. The van der Waals surface area contributed by atoms with Crippen molar-refractivity contribution in [2.45, 2.75) is 53.2 Å². The summed E-state index contributed by atoms with van der Waals surface area (Å²) >= 11 is 0. The average molecular weight is 437 g/mol. The second kappa shape index (κ2) is 11.7. The summed E-state index contributed by atoms with van der Waals surface area (Å²) in [6, 6.07) is 4.04. The maximum atomic E-state index is 5.76. The van der Waals surface area contributed by atoms with Crippen LogP contribution in [0.5, 0.6) is 0 Å². The van der Waals surface area contributed by atoms with E-state index in [4.69, 9.17) is 9.15 Å². The number of aryl methyl sites for hydroxylation is 1. The molecule has 134 valence electrons. The molecule has 2 N–H and O–H groups in total. The number of nitrogens with zero attached hydrogens (tertiary/aromatic N) is 1. The predicted octanol–water partition coefficient (Wildman–Crippen LogP) is 3.88. The molecule has 2 atom stereocenters. The number of ether oxygens (including phenoxy) is 1. The number of halogens is 1. The third kappa shape index (κ3) is 8.06. The maximum absolute atomic E-state index is 5.76. The minimum atomic E-state index is 0. The summed E-state index contributed by atoms with van der Waals surface area (Å²) in [5.41, 5.74) is 0. The van der Waals surface area contributed by atoms with E-state index in [2.05, 4.69) is 36.4 Å². The van der Waals surface area contributed by atoms with Gasteiger partial charge in [0, 0.05) is 20.2 Å². The molecule has 1 heterocycles. The fraction of sp³-hybridized carbons (Fsp3) is 0.706. The molecule has 0 aliphatic rings. The van der Waals surface area contributed by atoms with Gasteiger partial charge in [-0.3, -0.25) is 4.99 Å². The van der Waals surface area contributed by atoms with Crippen LogP contribution in [-0.4, -0.2) is 32.3 Å². The highest BCUT2D eigenvalue weighted by Crippen LogP contribution is 2.15.